The number of fused-ring (bicyclic) bond motifs is 2. The molecule has 5 heteroatoms. The zero-order valence-corrected chi connectivity index (χ0v) is 13.9. The standard InChI is InChI=1S/C17H24N2O2.ClH/c1-21-16-4-2-3-13(11-16)5-8-17(20)19-14-6-7-15(19)12-18-10-9-14;/h2-4,11,14-15,18H,5-10,12H2,1H3;1H. The maximum absolute atomic E-state index is 12.6. The van der Waals surface area contributed by atoms with Crippen LogP contribution in [0.2, 0.25) is 0 Å². The minimum Gasteiger partial charge on any atom is -0.497 e. The lowest BCUT2D eigenvalue weighted by Gasteiger charge is -2.28. The molecule has 22 heavy (non-hydrogen) atoms. The van der Waals surface area contributed by atoms with Gasteiger partial charge in [-0.1, -0.05) is 12.1 Å². The fraction of sp³-hybridized carbons (Fsp3) is 0.588. The second-order valence-electron chi connectivity index (χ2n) is 6.03. The monoisotopic (exact) mass is 324 g/mol. The van der Waals surface area contributed by atoms with Crippen molar-refractivity contribution in [1.82, 2.24) is 10.2 Å². The van der Waals surface area contributed by atoms with E-state index in [9.17, 15) is 4.79 Å². The Labute approximate surface area is 138 Å². The summed E-state index contributed by atoms with van der Waals surface area (Å²) in [5.74, 6) is 1.17. The van der Waals surface area contributed by atoms with Gasteiger partial charge in [-0.3, -0.25) is 4.79 Å². The van der Waals surface area contributed by atoms with Crippen molar-refractivity contribution in [3.8, 4) is 5.75 Å². The molecular weight excluding hydrogens is 300 g/mol. The lowest BCUT2D eigenvalue weighted by atomic mass is 10.1. The number of aryl methyl sites for hydroxylation is 1. The number of carbonyl (C=O) groups is 1. The Bertz CT molecular complexity index is 495. The predicted octanol–water partition coefficient (Wildman–Crippen LogP) is 2.40. The zero-order chi connectivity index (χ0) is 14.7. The summed E-state index contributed by atoms with van der Waals surface area (Å²) in [5.41, 5.74) is 1.17. The molecule has 122 valence electrons. The first kappa shape index (κ1) is 17.1. The topological polar surface area (TPSA) is 41.6 Å². The van der Waals surface area contributed by atoms with Gasteiger partial charge < -0.3 is 15.0 Å². The summed E-state index contributed by atoms with van der Waals surface area (Å²) in [6, 6.07) is 8.88. The van der Waals surface area contributed by atoms with Crippen molar-refractivity contribution in [3.63, 3.8) is 0 Å². The third-order valence-corrected chi connectivity index (χ3v) is 4.70. The van der Waals surface area contributed by atoms with Gasteiger partial charge in [-0.25, -0.2) is 0 Å². The first-order valence-electron chi connectivity index (χ1n) is 7.93. The Morgan fingerprint density at radius 2 is 2.14 bits per heavy atom. The Balaban J connectivity index is 0.00000176. The number of ether oxygens (including phenoxy) is 1. The minimum absolute atomic E-state index is 0. The van der Waals surface area contributed by atoms with Crippen molar-refractivity contribution in [3.05, 3.63) is 29.8 Å². The van der Waals surface area contributed by atoms with Crippen molar-refractivity contribution < 1.29 is 9.53 Å². The molecule has 2 unspecified atom stereocenters. The Morgan fingerprint density at radius 1 is 1.32 bits per heavy atom. The van der Waals surface area contributed by atoms with E-state index < -0.39 is 0 Å². The second kappa shape index (κ2) is 7.84. The van der Waals surface area contributed by atoms with Gasteiger partial charge in [0.25, 0.3) is 0 Å². The van der Waals surface area contributed by atoms with Crippen LogP contribution in [0.3, 0.4) is 0 Å². The van der Waals surface area contributed by atoms with E-state index in [0.29, 0.717) is 24.4 Å². The zero-order valence-electron chi connectivity index (χ0n) is 13.1. The smallest absolute Gasteiger partial charge is 0.223 e. The van der Waals surface area contributed by atoms with Crippen LogP contribution in [0, 0.1) is 0 Å². The molecule has 0 radical (unpaired) electrons. The molecule has 1 N–H and O–H groups in total. The highest BCUT2D eigenvalue weighted by molar-refractivity contribution is 5.85. The van der Waals surface area contributed by atoms with Crippen molar-refractivity contribution >= 4 is 18.3 Å². The van der Waals surface area contributed by atoms with E-state index in [1.165, 1.54) is 12.0 Å². The molecule has 1 aromatic rings. The third kappa shape index (κ3) is 3.73. The van der Waals surface area contributed by atoms with E-state index in [-0.39, 0.29) is 12.4 Å². The van der Waals surface area contributed by atoms with Gasteiger partial charge in [0.1, 0.15) is 5.75 Å². The molecule has 2 aliphatic rings. The second-order valence-corrected chi connectivity index (χ2v) is 6.03. The van der Waals surface area contributed by atoms with Crippen LogP contribution in [0.4, 0.5) is 0 Å². The van der Waals surface area contributed by atoms with Gasteiger partial charge in [0.2, 0.25) is 5.91 Å². The summed E-state index contributed by atoms with van der Waals surface area (Å²) in [7, 11) is 1.67. The highest BCUT2D eigenvalue weighted by Crippen LogP contribution is 2.28. The summed E-state index contributed by atoms with van der Waals surface area (Å²) in [4.78, 5) is 14.8. The molecule has 2 heterocycles. The van der Waals surface area contributed by atoms with Crippen molar-refractivity contribution in [2.75, 3.05) is 20.2 Å². The largest absolute Gasteiger partial charge is 0.497 e. The Morgan fingerprint density at radius 3 is 2.95 bits per heavy atom. The van der Waals surface area contributed by atoms with Gasteiger partial charge in [0, 0.05) is 25.0 Å². The van der Waals surface area contributed by atoms with Crippen LogP contribution < -0.4 is 10.1 Å². The Hall–Kier alpha value is -1.26. The minimum atomic E-state index is 0. The first-order valence-corrected chi connectivity index (χ1v) is 7.93. The first-order chi connectivity index (χ1) is 10.3. The number of hydrogen-bond donors (Lipinski definition) is 1. The number of nitrogens with zero attached hydrogens (tertiary/aromatic N) is 1. The molecule has 0 spiro atoms. The number of carbonyl (C=O) groups excluding carboxylic acids is 1. The molecule has 4 nitrogen and oxygen atoms in total. The quantitative estimate of drug-likeness (QED) is 0.924. The van der Waals surface area contributed by atoms with Crippen LogP contribution in [0.1, 0.15) is 31.2 Å². The van der Waals surface area contributed by atoms with Crippen LogP contribution in [0.25, 0.3) is 0 Å². The van der Waals surface area contributed by atoms with E-state index in [1.807, 2.05) is 18.2 Å². The van der Waals surface area contributed by atoms with E-state index in [2.05, 4.69) is 16.3 Å². The molecule has 2 aliphatic heterocycles. The van der Waals surface area contributed by atoms with Gasteiger partial charge in [0.05, 0.1) is 7.11 Å². The molecule has 0 saturated carbocycles. The lowest BCUT2D eigenvalue weighted by Crippen LogP contribution is -2.42. The molecule has 2 bridgehead atoms. The van der Waals surface area contributed by atoms with E-state index in [1.54, 1.807) is 7.11 Å². The average molecular weight is 325 g/mol. The van der Waals surface area contributed by atoms with Crippen LogP contribution >= 0.6 is 12.4 Å². The van der Waals surface area contributed by atoms with Crippen molar-refractivity contribution in [1.29, 1.82) is 0 Å². The maximum atomic E-state index is 12.6. The number of methoxy groups -OCH3 is 1. The molecular formula is C17H25ClN2O2. The molecule has 1 amide bonds. The van der Waals surface area contributed by atoms with Crippen molar-refractivity contribution in [2.45, 2.75) is 44.2 Å². The summed E-state index contributed by atoms with van der Waals surface area (Å²) in [6.45, 7) is 2.00. The number of hydrogen-bond acceptors (Lipinski definition) is 3. The highest BCUT2D eigenvalue weighted by Gasteiger charge is 2.37. The predicted molar refractivity (Wildman–Crippen MR) is 89.7 cm³/mol. The van der Waals surface area contributed by atoms with Gasteiger partial charge in [-0.15, -0.1) is 12.4 Å². The summed E-state index contributed by atoms with van der Waals surface area (Å²) in [5, 5.41) is 3.44. The van der Waals surface area contributed by atoms with Gasteiger partial charge in [0.15, 0.2) is 0 Å². The van der Waals surface area contributed by atoms with Crippen LogP contribution in [0.5, 0.6) is 5.75 Å². The molecule has 2 atom stereocenters. The summed E-state index contributed by atoms with van der Waals surface area (Å²) < 4.78 is 5.24. The van der Waals surface area contributed by atoms with Gasteiger partial charge >= 0.3 is 0 Å². The number of halogens is 1. The lowest BCUT2D eigenvalue weighted by molar-refractivity contribution is -0.133. The molecule has 2 fully saturated rings. The number of amides is 1. The molecule has 2 saturated heterocycles. The maximum Gasteiger partial charge on any atom is 0.223 e. The SMILES string of the molecule is COc1cccc(CCC(=O)N2C3CCNCC2CC3)c1.Cl. The summed E-state index contributed by atoms with van der Waals surface area (Å²) in [6.07, 6.45) is 4.82. The fourth-order valence-electron chi connectivity index (χ4n) is 3.60. The molecule has 1 aromatic carbocycles. The molecule has 3 rings (SSSR count). The number of rotatable bonds is 4. The molecule has 0 aromatic heterocycles. The van der Waals surface area contributed by atoms with E-state index in [4.69, 9.17) is 4.74 Å². The average Bonchev–Trinajstić information content (AvgIpc) is 2.78. The van der Waals surface area contributed by atoms with Gasteiger partial charge in [-0.05, 0) is 49.9 Å². The molecule has 0 aliphatic carbocycles. The third-order valence-electron chi connectivity index (χ3n) is 4.70. The van der Waals surface area contributed by atoms with E-state index >= 15 is 0 Å². The van der Waals surface area contributed by atoms with Crippen LogP contribution in [-0.4, -0.2) is 43.1 Å². The van der Waals surface area contributed by atoms with Crippen LogP contribution in [-0.2, 0) is 11.2 Å². The fourth-order valence-corrected chi connectivity index (χ4v) is 3.60. The number of benzene rings is 1. The van der Waals surface area contributed by atoms with Crippen LogP contribution in [0.15, 0.2) is 24.3 Å². The summed E-state index contributed by atoms with van der Waals surface area (Å²) >= 11 is 0. The normalized spacial score (nSPS) is 23.6. The van der Waals surface area contributed by atoms with E-state index in [0.717, 1.165) is 38.1 Å². The van der Waals surface area contributed by atoms with Gasteiger partial charge in [-0.2, -0.15) is 0 Å². The Kier molecular flexibility index (Phi) is 6.09. The number of nitrogens with one attached hydrogen (secondary N) is 1. The highest BCUT2D eigenvalue weighted by atomic mass is 35.5. The van der Waals surface area contributed by atoms with Crippen molar-refractivity contribution in [2.24, 2.45) is 0 Å².